The SMILES string of the molecule is COc1ccc(C2COc3cc(B(O)O)cnc3O2)cn1. The average molecular weight is 288 g/mol. The van der Waals surface area contributed by atoms with Crippen molar-refractivity contribution in [2.45, 2.75) is 6.10 Å². The van der Waals surface area contributed by atoms with Gasteiger partial charge in [-0.3, -0.25) is 0 Å². The number of methoxy groups -OCH3 is 1. The Bertz CT molecular complexity index is 635. The van der Waals surface area contributed by atoms with E-state index in [-0.39, 0.29) is 18.2 Å². The smallest absolute Gasteiger partial charge is 0.484 e. The molecule has 8 heteroatoms. The van der Waals surface area contributed by atoms with Gasteiger partial charge in [0.1, 0.15) is 6.61 Å². The molecule has 0 saturated carbocycles. The monoisotopic (exact) mass is 288 g/mol. The van der Waals surface area contributed by atoms with E-state index >= 15 is 0 Å². The van der Waals surface area contributed by atoms with Gasteiger partial charge in [-0.1, -0.05) is 0 Å². The number of aromatic nitrogens is 2. The minimum atomic E-state index is -1.59. The summed E-state index contributed by atoms with van der Waals surface area (Å²) in [6.07, 6.45) is 2.67. The molecule has 1 atom stereocenters. The summed E-state index contributed by atoms with van der Waals surface area (Å²) < 4.78 is 16.3. The molecule has 0 aromatic carbocycles. The summed E-state index contributed by atoms with van der Waals surface area (Å²) in [4.78, 5) is 8.16. The Morgan fingerprint density at radius 1 is 1.29 bits per heavy atom. The van der Waals surface area contributed by atoms with E-state index in [2.05, 4.69) is 9.97 Å². The lowest BCUT2D eigenvalue weighted by atomic mass is 9.81. The van der Waals surface area contributed by atoms with Crippen molar-refractivity contribution in [2.75, 3.05) is 13.7 Å². The third kappa shape index (κ3) is 2.76. The average Bonchev–Trinajstić information content (AvgIpc) is 2.54. The molecule has 3 rings (SSSR count). The van der Waals surface area contributed by atoms with Crippen LogP contribution in [0.4, 0.5) is 0 Å². The summed E-state index contributed by atoms with van der Waals surface area (Å²) >= 11 is 0. The predicted octanol–water partition coefficient (Wildman–Crippen LogP) is -0.323. The minimum absolute atomic E-state index is 0.252. The fourth-order valence-corrected chi connectivity index (χ4v) is 1.98. The van der Waals surface area contributed by atoms with E-state index in [9.17, 15) is 0 Å². The van der Waals surface area contributed by atoms with Crippen molar-refractivity contribution < 1.29 is 24.3 Å². The predicted molar refractivity (Wildman–Crippen MR) is 73.7 cm³/mol. The maximum atomic E-state index is 9.10. The molecule has 1 unspecified atom stereocenters. The van der Waals surface area contributed by atoms with Crippen LogP contribution in [0.15, 0.2) is 30.6 Å². The van der Waals surface area contributed by atoms with E-state index < -0.39 is 7.12 Å². The number of ether oxygens (including phenoxy) is 3. The number of fused-ring (bicyclic) bond motifs is 1. The van der Waals surface area contributed by atoms with Gasteiger partial charge in [0.2, 0.25) is 5.88 Å². The Morgan fingerprint density at radius 3 is 2.81 bits per heavy atom. The molecule has 0 amide bonds. The van der Waals surface area contributed by atoms with Crippen molar-refractivity contribution >= 4 is 12.6 Å². The maximum absolute atomic E-state index is 9.10. The molecule has 0 aliphatic carbocycles. The second kappa shape index (κ2) is 5.59. The molecule has 2 N–H and O–H groups in total. The lowest BCUT2D eigenvalue weighted by molar-refractivity contribution is 0.0849. The molecule has 0 spiro atoms. The van der Waals surface area contributed by atoms with Gasteiger partial charge in [0.05, 0.1) is 7.11 Å². The van der Waals surface area contributed by atoms with E-state index in [0.717, 1.165) is 5.56 Å². The first-order valence-corrected chi connectivity index (χ1v) is 6.33. The largest absolute Gasteiger partial charge is 0.490 e. The molecule has 1 aliphatic heterocycles. The number of pyridine rings is 2. The van der Waals surface area contributed by atoms with Crippen LogP contribution in [0, 0.1) is 0 Å². The Hall–Kier alpha value is -2.32. The minimum Gasteiger partial charge on any atom is -0.484 e. The maximum Gasteiger partial charge on any atom is 0.490 e. The summed E-state index contributed by atoms with van der Waals surface area (Å²) in [6.45, 7) is 0.285. The normalized spacial score (nSPS) is 16.4. The van der Waals surface area contributed by atoms with E-state index in [1.54, 1.807) is 19.4 Å². The number of hydrogen-bond acceptors (Lipinski definition) is 7. The highest BCUT2D eigenvalue weighted by molar-refractivity contribution is 6.58. The molecule has 7 nitrogen and oxygen atoms in total. The highest BCUT2D eigenvalue weighted by atomic mass is 16.6. The number of hydrogen-bond donors (Lipinski definition) is 2. The molecule has 108 valence electrons. The molecule has 1 aliphatic rings. The molecule has 2 aromatic rings. The van der Waals surface area contributed by atoms with Crippen LogP contribution < -0.4 is 19.7 Å². The molecule has 0 fully saturated rings. The van der Waals surface area contributed by atoms with Crippen LogP contribution in [0.1, 0.15) is 11.7 Å². The standard InChI is InChI=1S/C13H13BN2O5/c1-19-12-3-2-8(5-15-12)11-7-20-10-4-9(14(17)18)6-16-13(10)21-11/h2-6,11,17-18H,7H2,1H3. The van der Waals surface area contributed by atoms with Crippen LogP contribution in [0.3, 0.4) is 0 Å². The Morgan fingerprint density at radius 2 is 2.14 bits per heavy atom. The van der Waals surface area contributed by atoms with E-state index in [0.29, 0.717) is 17.5 Å². The van der Waals surface area contributed by atoms with Crippen molar-refractivity contribution in [1.29, 1.82) is 0 Å². The van der Waals surface area contributed by atoms with Crippen molar-refractivity contribution in [1.82, 2.24) is 9.97 Å². The van der Waals surface area contributed by atoms with Crippen LogP contribution in [-0.4, -0.2) is 40.9 Å². The summed E-state index contributed by atoms with van der Waals surface area (Å²) in [5, 5.41) is 18.2. The fraction of sp³-hybridized carbons (Fsp3) is 0.231. The Balaban J connectivity index is 1.80. The van der Waals surface area contributed by atoms with Crippen molar-refractivity contribution in [2.24, 2.45) is 0 Å². The first kappa shape index (κ1) is 13.7. The van der Waals surface area contributed by atoms with Gasteiger partial charge in [-0.2, -0.15) is 0 Å². The molecule has 3 heterocycles. The molecule has 2 aromatic heterocycles. The molecule has 0 radical (unpaired) electrons. The molecular weight excluding hydrogens is 275 g/mol. The van der Waals surface area contributed by atoms with Gasteiger partial charge in [0, 0.05) is 29.5 Å². The van der Waals surface area contributed by atoms with Crippen LogP contribution >= 0.6 is 0 Å². The zero-order valence-corrected chi connectivity index (χ0v) is 11.3. The zero-order valence-electron chi connectivity index (χ0n) is 11.3. The highest BCUT2D eigenvalue weighted by Gasteiger charge is 2.25. The van der Waals surface area contributed by atoms with Crippen LogP contribution in [0.25, 0.3) is 0 Å². The van der Waals surface area contributed by atoms with Gasteiger partial charge in [0.15, 0.2) is 11.9 Å². The Labute approximate surface area is 121 Å². The highest BCUT2D eigenvalue weighted by Crippen LogP contribution is 2.33. The van der Waals surface area contributed by atoms with E-state index in [1.165, 1.54) is 12.3 Å². The third-order valence-electron chi connectivity index (χ3n) is 3.12. The molecule has 0 saturated heterocycles. The van der Waals surface area contributed by atoms with Gasteiger partial charge in [-0.05, 0) is 12.1 Å². The second-order valence-corrected chi connectivity index (χ2v) is 4.50. The van der Waals surface area contributed by atoms with Crippen molar-refractivity contribution in [3.8, 4) is 17.5 Å². The van der Waals surface area contributed by atoms with Crippen LogP contribution in [0.2, 0.25) is 0 Å². The topological polar surface area (TPSA) is 93.9 Å². The summed E-state index contributed by atoms with van der Waals surface area (Å²) in [5.74, 6) is 1.22. The quantitative estimate of drug-likeness (QED) is 0.747. The van der Waals surface area contributed by atoms with E-state index in [1.807, 2.05) is 6.07 Å². The van der Waals surface area contributed by atoms with Gasteiger partial charge in [0.25, 0.3) is 5.88 Å². The third-order valence-corrected chi connectivity index (χ3v) is 3.12. The Kier molecular flexibility index (Phi) is 3.63. The lowest BCUT2D eigenvalue weighted by Crippen LogP contribution is -2.31. The van der Waals surface area contributed by atoms with Gasteiger partial charge >= 0.3 is 7.12 Å². The second-order valence-electron chi connectivity index (χ2n) is 4.50. The first-order valence-electron chi connectivity index (χ1n) is 6.33. The van der Waals surface area contributed by atoms with Gasteiger partial charge in [-0.15, -0.1) is 0 Å². The summed E-state index contributed by atoms with van der Waals surface area (Å²) in [7, 11) is -0.0369. The van der Waals surface area contributed by atoms with Crippen molar-refractivity contribution in [3.63, 3.8) is 0 Å². The molecule has 0 bridgehead atoms. The number of nitrogens with zero attached hydrogens (tertiary/aromatic N) is 2. The van der Waals surface area contributed by atoms with Crippen LogP contribution in [-0.2, 0) is 0 Å². The van der Waals surface area contributed by atoms with Gasteiger partial charge in [-0.25, -0.2) is 9.97 Å². The lowest BCUT2D eigenvalue weighted by Gasteiger charge is -2.26. The summed E-state index contributed by atoms with van der Waals surface area (Å²) in [6, 6.07) is 5.08. The summed E-state index contributed by atoms with van der Waals surface area (Å²) in [5.41, 5.74) is 1.09. The zero-order chi connectivity index (χ0) is 14.8. The molecule has 21 heavy (non-hydrogen) atoms. The first-order chi connectivity index (χ1) is 10.2. The van der Waals surface area contributed by atoms with Crippen LogP contribution in [0.5, 0.6) is 17.5 Å². The molecular formula is C13H13BN2O5. The van der Waals surface area contributed by atoms with E-state index in [4.69, 9.17) is 24.3 Å². The fourth-order valence-electron chi connectivity index (χ4n) is 1.98. The number of rotatable bonds is 3. The van der Waals surface area contributed by atoms with Crippen molar-refractivity contribution in [3.05, 3.63) is 36.2 Å². The van der Waals surface area contributed by atoms with Gasteiger partial charge < -0.3 is 24.3 Å².